The lowest BCUT2D eigenvalue weighted by atomic mass is 9.48. The lowest BCUT2D eigenvalue weighted by Crippen LogP contribution is -2.57. The van der Waals surface area contributed by atoms with Gasteiger partial charge < -0.3 is 4.89 Å². The first kappa shape index (κ1) is 27.7. The Kier molecular flexibility index (Phi) is 6.54. The molecule has 1 heterocycles. The van der Waals surface area contributed by atoms with Gasteiger partial charge in [0.2, 0.25) is 0 Å². The topological polar surface area (TPSA) is 55.8 Å². The zero-order valence-electron chi connectivity index (χ0n) is 23.4. The molecule has 4 nitrogen and oxygen atoms in total. The number of fused-ring (bicyclic) bond motifs is 2. The van der Waals surface area contributed by atoms with Gasteiger partial charge in [-0.3, -0.25) is 9.05 Å². The molecule has 192 valence electrons. The normalized spacial score (nSPS) is 37.2. The van der Waals surface area contributed by atoms with Gasteiger partial charge in [-0.15, -0.1) is 0 Å². The quantitative estimate of drug-likeness (QED) is 0.346. The first-order valence-corrected chi connectivity index (χ1v) is 14.1. The van der Waals surface area contributed by atoms with E-state index >= 15 is 0 Å². The average Bonchev–Trinajstić information content (AvgIpc) is 2.59. The molecule has 5 heteroatoms. The molecule has 0 radical (unpaired) electrons. The van der Waals surface area contributed by atoms with Crippen molar-refractivity contribution < 1.29 is 18.5 Å². The van der Waals surface area contributed by atoms with Gasteiger partial charge in [0.15, 0.2) is 0 Å². The van der Waals surface area contributed by atoms with Gasteiger partial charge in [-0.1, -0.05) is 120 Å². The fourth-order valence-electron chi connectivity index (χ4n) is 5.65. The summed E-state index contributed by atoms with van der Waals surface area (Å²) in [6.07, 6.45) is 12.4. The molecule has 0 aromatic heterocycles. The van der Waals surface area contributed by atoms with Crippen LogP contribution < -0.4 is 0 Å². The molecule has 4 atom stereocenters. The van der Waals surface area contributed by atoms with E-state index < -0.39 is 30.9 Å². The molecule has 1 aliphatic heterocycles. The highest BCUT2D eigenvalue weighted by molar-refractivity contribution is 7.47. The van der Waals surface area contributed by atoms with Crippen molar-refractivity contribution in [3.8, 4) is 0 Å². The van der Waals surface area contributed by atoms with Crippen molar-refractivity contribution in [2.24, 2.45) is 32.5 Å². The van der Waals surface area contributed by atoms with Gasteiger partial charge in [-0.05, 0) is 39.2 Å². The molecule has 3 aliphatic rings. The number of hydrogen-bond acceptors (Lipinski definition) is 3. The van der Waals surface area contributed by atoms with Crippen molar-refractivity contribution in [3.63, 3.8) is 0 Å². The Morgan fingerprint density at radius 1 is 0.735 bits per heavy atom. The van der Waals surface area contributed by atoms with Crippen LogP contribution in [0.3, 0.4) is 0 Å². The fourth-order valence-corrected chi connectivity index (χ4v) is 6.79. The summed E-state index contributed by atoms with van der Waals surface area (Å²) in [5.74, 6) is 0. The van der Waals surface area contributed by atoms with Crippen LogP contribution >= 0.6 is 7.82 Å². The molecule has 0 saturated carbocycles. The highest BCUT2D eigenvalue weighted by Crippen LogP contribution is 2.67. The molecular weight excluding hydrogens is 443 g/mol. The van der Waals surface area contributed by atoms with Crippen LogP contribution in [0.4, 0.5) is 0 Å². The molecule has 1 N–H and O–H groups in total. The smallest absolute Gasteiger partial charge is 0.302 e. The molecule has 1 fully saturated rings. The lowest BCUT2D eigenvalue weighted by Gasteiger charge is -2.60. The Labute approximate surface area is 208 Å². The molecule has 2 aliphatic carbocycles. The van der Waals surface area contributed by atoms with E-state index in [4.69, 9.17) is 9.05 Å². The van der Waals surface area contributed by atoms with Crippen LogP contribution in [0.2, 0.25) is 0 Å². The molecule has 4 unspecified atom stereocenters. The highest BCUT2D eigenvalue weighted by Gasteiger charge is 2.61. The lowest BCUT2D eigenvalue weighted by molar-refractivity contribution is -0.105. The van der Waals surface area contributed by atoms with Crippen molar-refractivity contribution in [3.05, 3.63) is 47.6 Å². The Balaban J connectivity index is 2.41. The Bertz CT molecular complexity index is 911. The van der Waals surface area contributed by atoms with Gasteiger partial charge in [0, 0.05) is 10.8 Å². The van der Waals surface area contributed by atoms with E-state index in [0.29, 0.717) is 0 Å². The summed E-state index contributed by atoms with van der Waals surface area (Å²) in [4.78, 5) is 11.0. The van der Waals surface area contributed by atoms with Gasteiger partial charge >= 0.3 is 7.82 Å². The zero-order valence-corrected chi connectivity index (χ0v) is 24.3. The van der Waals surface area contributed by atoms with E-state index in [9.17, 15) is 9.46 Å². The summed E-state index contributed by atoms with van der Waals surface area (Å²) < 4.78 is 25.4. The van der Waals surface area contributed by atoms with Crippen molar-refractivity contribution in [1.29, 1.82) is 0 Å². The molecule has 0 aromatic rings. The van der Waals surface area contributed by atoms with Gasteiger partial charge in [0.25, 0.3) is 0 Å². The van der Waals surface area contributed by atoms with Crippen LogP contribution in [-0.2, 0) is 13.6 Å². The number of hydrogen-bond donors (Lipinski definition) is 1. The average molecular weight is 491 g/mol. The second-order valence-electron chi connectivity index (χ2n) is 14.7. The third kappa shape index (κ3) is 4.73. The minimum absolute atomic E-state index is 0.0608. The summed E-state index contributed by atoms with van der Waals surface area (Å²) in [7, 11) is -4.34. The van der Waals surface area contributed by atoms with Gasteiger partial charge in [0.05, 0.1) is 12.2 Å². The number of rotatable bonds is 0. The van der Waals surface area contributed by atoms with Crippen molar-refractivity contribution in [1.82, 2.24) is 0 Å². The number of allylic oxidation sites excluding steroid dienone is 4. The van der Waals surface area contributed by atoms with Crippen molar-refractivity contribution >= 4 is 7.82 Å². The third-order valence-electron chi connectivity index (χ3n) is 8.35. The fraction of sp³-hybridized carbons (Fsp3) is 0.724. The van der Waals surface area contributed by atoms with Crippen LogP contribution in [0, 0.1) is 32.5 Å². The predicted molar refractivity (Wildman–Crippen MR) is 141 cm³/mol. The Morgan fingerprint density at radius 3 is 1.32 bits per heavy atom. The van der Waals surface area contributed by atoms with Gasteiger partial charge in [-0.2, -0.15) is 0 Å². The van der Waals surface area contributed by atoms with E-state index in [1.165, 1.54) is 11.1 Å². The highest BCUT2D eigenvalue weighted by atomic mass is 31.2. The van der Waals surface area contributed by atoms with Crippen LogP contribution in [0.15, 0.2) is 47.6 Å². The molecule has 0 spiro atoms. The first-order valence-electron chi connectivity index (χ1n) is 12.6. The summed E-state index contributed by atoms with van der Waals surface area (Å²) >= 11 is 0. The maximum absolute atomic E-state index is 13.4. The second-order valence-corrected chi connectivity index (χ2v) is 16.1. The van der Waals surface area contributed by atoms with E-state index in [1.54, 1.807) is 0 Å². The van der Waals surface area contributed by atoms with Crippen LogP contribution in [0.1, 0.15) is 89.5 Å². The Morgan fingerprint density at radius 2 is 1.06 bits per heavy atom. The largest absolute Gasteiger partial charge is 0.473 e. The van der Waals surface area contributed by atoms with Crippen LogP contribution in [-0.4, -0.2) is 17.1 Å². The van der Waals surface area contributed by atoms with E-state index in [1.807, 2.05) is 12.2 Å². The summed E-state index contributed by atoms with van der Waals surface area (Å²) in [5, 5.41) is 0. The minimum Gasteiger partial charge on any atom is -0.302 e. The SMILES string of the molecule is CC(C)(C)C1=CC2(C(C)(C)C)CC3(C(C)(C)C)C=C(C(C)(C)C)C=CC3OP(=O)(O)OC2C=C1. The van der Waals surface area contributed by atoms with E-state index in [-0.39, 0.29) is 21.7 Å². The maximum atomic E-state index is 13.4. The molecule has 0 amide bonds. The maximum Gasteiger partial charge on any atom is 0.473 e. The standard InChI is InChI=1S/C29H47O4P/c1-24(2,3)20-13-15-22-28(17-20,26(7,8)9)19-29(27(10,11)12)18-21(25(4,5)6)14-16-23(29)33-34(30,31)32-22/h13-18,22-23H,19H2,1-12H3,(H,30,31). The van der Waals surface area contributed by atoms with Crippen LogP contribution in [0.25, 0.3) is 0 Å². The third-order valence-corrected chi connectivity index (χ3v) is 9.33. The molecule has 34 heavy (non-hydrogen) atoms. The van der Waals surface area contributed by atoms with E-state index in [0.717, 1.165) is 6.42 Å². The molecular formula is C29H47O4P. The van der Waals surface area contributed by atoms with Gasteiger partial charge in [-0.25, -0.2) is 4.57 Å². The van der Waals surface area contributed by atoms with Crippen LogP contribution in [0.5, 0.6) is 0 Å². The molecule has 0 aromatic carbocycles. The predicted octanol–water partition coefficient (Wildman–Crippen LogP) is 8.41. The summed E-state index contributed by atoms with van der Waals surface area (Å²) in [5.41, 5.74) is 0.771. The second kappa shape index (κ2) is 8.04. The van der Waals surface area contributed by atoms with Gasteiger partial charge in [0.1, 0.15) is 0 Å². The Hall–Kier alpha value is -0.930. The minimum atomic E-state index is -4.34. The molecule has 0 bridgehead atoms. The van der Waals surface area contributed by atoms with E-state index in [2.05, 4.69) is 107 Å². The summed E-state index contributed by atoms with van der Waals surface area (Å²) in [6.45, 7) is 26.6. The first-order chi connectivity index (χ1) is 15.0. The molecule has 1 saturated heterocycles. The number of phosphoric acid groups is 1. The molecule has 3 rings (SSSR count). The van der Waals surface area contributed by atoms with Crippen molar-refractivity contribution in [2.75, 3.05) is 0 Å². The zero-order chi connectivity index (χ0) is 26.2. The summed E-state index contributed by atoms with van der Waals surface area (Å²) in [6, 6.07) is 0. The number of phosphoric ester groups is 1. The van der Waals surface area contributed by atoms with Crippen molar-refractivity contribution in [2.45, 2.75) is 102 Å². The monoisotopic (exact) mass is 490 g/mol.